The molecule has 0 saturated heterocycles. The summed E-state index contributed by atoms with van der Waals surface area (Å²) in [6.45, 7) is 4.53. The van der Waals surface area contributed by atoms with E-state index < -0.39 is 17.0 Å². The Morgan fingerprint density at radius 1 is 1.27 bits per heavy atom. The molecular formula is C20H24F2N3O+. The van der Waals surface area contributed by atoms with Gasteiger partial charge in [-0.15, -0.1) is 0 Å². The van der Waals surface area contributed by atoms with Gasteiger partial charge in [-0.05, 0) is 53.7 Å². The fourth-order valence-corrected chi connectivity index (χ4v) is 5.07. The van der Waals surface area contributed by atoms with Crippen LogP contribution in [0, 0.1) is 11.8 Å². The van der Waals surface area contributed by atoms with Gasteiger partial charge < -0.3 is 0 Å². The molecule has 1 fully saturated rings. The van der Waals surface area contributed by atoms with Gasteiger partial charge in [-0.2, -0.15) is 0 Å². The quantitative estimate of drug-likeness (QED) is 0.752. The van der Waals surface area contributed by atoms with Crippen LogP contribution in [-0.4, -0.2) is 29.8 Å². The summed E-state index contributed by atoms with van der Waals surface area (Å²) < 4.78 is 25.2. The number of fused-ring (bicyclic) bond motifs is 5. The van der Waals surface area contributed by atoms with Gasteiger partial charge in [-0.3, -0.25) is 5.32 Å². The Bertz CT molecular complexity index is 817. The van der Waals surface area contributed by atoms with Crippen LogP contribution in [0.1, 0.15) is 49.7 Å². The second kappa shape index (κ2) is 5.98. The maximum Gasteiger partial charge on any atom is 0.452 e. The van der Waals surface area contributed by atoms with Crippen LogP contribution >= 0.6 is 0 Å². The van der Waals surface area contributed by atoms with Crippen LogP contribution in [0.2, 0.25) is 0 Å². The molecule has 0 spiro atoms. The number of rotatable bonds is 3. The molecule has 6 heteroatoms. The molecule has 4 nitrogen and oxygen atoms in total. The molecule has 1 aromatic carbocycles. The molecule has 4 unspecified atom stereocenters. The maximum absolute atomic E-state index is 12.9. The number of benzene rings is 1. The molecule has 0 radical (unpaired) electrons. The molecule has 1 aliphatic heterocycles. The first-order valence-corrected chi connectivity index (χ1v) is 9.20. The number of allylic oxidation sites excluding steroid dienone is 1. The monoisotopic (exact) mass is 360 g/mol. The van der Waals surface area contributed by atoms with Crippen LogP contribution in [-0.2, 0) is 0 Å². The minimum atomic E-state index is -2.68. The van der Waals surface area contributed by atoms with Gasteiger partial charge in [0.05, 0.1) is 5.69 Å². The van der Waals surface area contributed by atoms with E-state index in [0.29, 0.717) is 23.7 Å². The van der Waals surface area contributed by atoms with Crippen molar-refractivity contribution in [3.63, 3.8) is 0 Å². The van der Waals surface area contributed by atoms with Crippen LogP contribution < -0.4 is 5.32 Å². The zero-order chi connectivity index (χ0) is 18.6. The van der Waals surface area contributed by atoms with E-state index >= 15 is 0 Å². The zero-order valence-electron chi connectivity index (χ0n) is 15.2. The molecule has 0 aromatic heterocycles. The van der Waals surface area contributed by atoms with Crippen LogP contribution in [0.15, 0.2) is 35.6 Å². The smallest absolute Gasteiger partial charge is 0.273 e. The first kappa shape index (κ1) is 17.3. The molecule has 2 bridgehead atoms. The highest BCUT2D eigenvalue weighted by molar-refractivity contribution is 5.99. The average molecular weight is 360 g/mol. The summed E-state index contributed by atoms with van der Waals surface area (Å²) in [6, 6.07) is 5.64. The van der Waals surface area contributed by atoms with Crippen molar-refractivity contribution in [3.05, 3.63) is 41.6 Å². The summed E-state index contributed by atoms with van der Waals surface area (Å²) in [4.78, 5) is 12.8. The molecule has 2 aliphatic carbocycles. The summed E-state index contributed by atoms with van der Waals surface area (Å²) in [6.07, 6.45) is 2.28. The second-order valence-electron chi connectivity index (χ2n) is 8.02. The predicted octanol–water partition coefficient (Wildman–Crippen LogP) is 5.06. The Hall–Kier alpha value is -2.08. The lowest BCUT2D eigenvalue weighted by Crippen LogP contribution is -2.41. The second-order valence-corrected chi connectivity index (χ2v) is 8.02. The summed E-state index contributed by atoms with van der Waals surface area (Å²) in [5.74, 6) is 2.23. The largest absolute Gasteiger partial charge is 0.452 e. The maximum atomic E-state index is 12.9. The van der Waals surface area contributed by atoms with E-state index in [0.717, 1.165) is 12.1 Å². The number of carbonyl (C=O) groups is 1. The number of nitrogens with one attached hydrogen (secondary N) is 1. The SMILES string of the molecule is CC(C)C1C2CCC1c1c(NC(=O)[N+]3(C)C=CC(C(F)F)=N3)cccc12. The molecule has 1 saturated carbocycles. The Balaban J connectivity index is 1.63. The molecule has 3 aliphatic rings. The van der Waals surface area contributed by atoms with Crippen molar-refractivity contribution >= 4 is 17.4 Å². The van der Waals surface area contributed by atoms with Gasteiger partial charge in [0, 0.05) is 6.08 Å². The van der Waals surface area contributed by atoms with Crippen molar-refractivity contribution in [1.29, 1.82) is 0 Å². The highest BCUT2D eigenvalue weighted by Gasteiger charge is 2.48. The number of halogens is 2. The van der Waals surface area contributed by atoms with Crippen molar-refractivity contribution in [2.45, 2.75) is 45.0 Å². The number of hydrogen-bond acceptors (Lipinski definition) is 2. The van der Waals surface area contributed by atoms with Crippen molar-refractivity contribution in [2.24, 2.45) is 16.9 Å². The van der Waals surface area contributed by atoms with Crippen LogP contribution in [0.4, 0.5) is 19.3 Å². The molecule has 26 heavy (non-hydrogen) atoms. The number of anilines is 1. The van der Waals surface area contributed by atoms with E-state index in [4.69, 9.17) is 0 Å². The van der Waals surface area contributed by atoms with E-state index in [1.807, 2.05) is 12.1 Å². The molecule has 1 heterocycles. The van der Waals surface area contributed by atoms with Gasteiger partial charge >= 0.3 is 6.03 Å². The van der Waals surface area contributed by atoms with Gasteiger partial charge in [0.15, 0.2) is 5.71 Å². The number of alkyl halides is 2. The van der Waals surface area contributed by atoms with Crippen LogP contribution in [0.25, 0.3) is 0 Å². The van der Waals surface area contributed by atoms with Gasteiger partial charge in [-0.25, -0.2) is 13.6 Å². The van der Waals surface area contributed by atoms with Crippen molar-refractivity contribution in [2.75, 3.05) is 12.4 Å². The lowest BCUT2D eigenvalue weighted by Gasteiger charge is -2.22. The third kappa shape index (κ3) is 2.50. The fraction of sp³-hybridized carbons (Fsp3) is 0.500. The molecule has 4 rings (SSSR count). The molecule has 1 N–H and O–H groups in total. The minimum absolute atomic E-state index is 0.361. The fourth-order valence-electron chi connectivity index (χ4n) is 5.07. The average Bonchev–Trinajstić information content (AvgIpc) is 3.27. The van der Waals surface area contributed by atoms with Crippen molar-refractivity contribution < 1.29 is 18.2 Å². The standard InChI is InChI=1S/C20H23F2N3O/c1-11(2)17-13-7-8-14(17)18-12(13)5-4-6-15(18)23-20(26)25(3)10-9-16(24-25)19(21)22/h4-6,9-11,13-14,17,19H,7-8H2,1-3H3/p+1. The van der Waals surface area contributed by atoms with Crippen LogP contribution in [0.3, 0.4) is 0 Å². The summed E-state index contributed by atoms with van der Waals surface area (Å²) in [5.41, 5.74) is 3.02. The highest BCUT2D eigenvalue weighted by atomic mass is 19.3. The van der Waals surface area contributed by atoms with Gasteiger partial charge in [0.2, 0.25) is 0 Å². The predicted molar refractivity (Wildman–Crippen MR) is 97.3 cm³/mol. The first-order chi connectivity index (χ1) is 12.3. The summed E-state index contributed by atoms with van der Waals surface area (Å²) in [5, 5.41) is 6.84. The Labute approximate surface area is 152 Å². The van der Waals surface area contributed by atoms with Gasteiger partial charge in [-0.1, -0.05) is 35.7 Å². The minimum Gasteiger partial charge on any atom is -0.273 e. The molecule has 1 aromatic rings. The third-order valence-corrected chi connectivity index (χ3v) is 6.13. The van der Waals surface area contributed by atoms with E-state index in [2.05, 4.69) is 30.3 Å². The molecule has 138 valence electrons. The summed E-state index contributed by atoms with van der Waals surface area (Å²) >= 11 is 0. The zero-order valence-corrected chi connectivity index (χ0v) is 15.2. The number of hydrogen-bond donors (Lipinski definition) is 1. The van der Waals surface area contributed by atoms with E-state index in [1.54, 1.807) is 0 Å². The Morgan fingerprint density at radius 2 is 2.00 bits per heavy atom. The lowest BCUT2D eigenvalue weighted by molar-refractivity contribution is -0.777. The van der Waals surface area contributed by atoms with Gasteiger partial charge in [0.25, 0.3) is 6.43 Å². The number of amides is 2. The highest BCUT2D eigenvalue weighted by Crippen LogP contribution is 2.61. The van der Waals surface area contributed by atoms with Crippen LogP contribution in [0.5, 0.6) is 0 Å². The normalized spacial score (nSPS) is 31.7. The first-order valence-electron chi connectivity index (χ1n) is 9.20. The molecule has 4 atom stereocenters. The van der Waals surface area contributed by atoms with Crippen molar-refractivity contribution in [3.8, 4) is 0 Å². The number of carbonyl (C=O) groups excluding carboxylic acids is 1. The topological polar surface area (TPSA) is 41.5 Å². The number of urea groups is 1. The van der Waals surface area contributed by atoms with E-state index in [-0.39, 0.29) is 5.71 Å². The number of nitrogens with zero attached hydrogens (tertiary/aromatic N) is 2. The Morgan fingerprint density at radius 3 is 2.65 bits per heavy atom. The lowest BCUT2D eigenvalue weighted by atomic mass is 9.85. The van der Waals surface area contributed by atoms with E-state index in [1.165, 1.54) is 36.9 Å². The third-order valence-electron chi connectivity index (χ3n) is 6.13. The molecular weight excluding hydrogens is 336 g/mol. The summed E-state index contributed by atoms with van der Waals surface area (Å²) in [7, 11) is 1.51. The molecule has 2 amide bonds. The van der Waals surface area contributed by atoms with Crippen molar-refractivity contribution in [1.82, 2.24) is 0 Å². The van der Waals surface area contributed by atoms with E-state index in [9.17, 15) is 13.6 Å². The Kier molecular flexibility index (Phi) is 3.99. The number of quaternary nitrogens is 1. The van der Waals surface area contributed by atoms with Gasteiger partial charge in [0.1, 0.15) is 13.2 Å².